The van der Waals surface area contributed by atoms with E-state index in [1.165, 1.54) is 0 Å². The SMILES string of the molecule is COc1cccc(C(=O)N2CCC(OCCOc3ccccc3)CC2)c1. The molecule has 1 heterocycles. The molecule has 0 atom stereocenters. The molecule has 2 aromatic carbocycles. The van der Waals surface area contributed by atoms with Gasteiger partial charge in [-0.3, -0.25) is 4.79 Å². The lowest BCUT2D eigenvalue weighted by Crippen LogP contribution is -2.41. The monoisotopic (exact) mass is 355 g/mol. The number of ether oxygens (including phenoxy) is 3. The molecule has 0 aliphatic carbocycles. The van der Waals surface area contributed by atoms with E-state index in [2.05, 4.69) is 0 Å². The van der Waals surface area contributed by atoms with Crippen molar-refractivity contribution in [2.45, 2.75) is 18.9 Å². The zero-order chi connectivity index (χ0) is 18.2. The second-order valence-electron chi connectivity index (χ2n) is 6.26. The van der Waals surface area contributed by atoms with Gasteiger partial charge >= 0.3 is 0 Å². The second kappa shape index (κ2) is 9.25. The molecule has 5 nitrogen and oxygen atoms in total. The van der Waals surface area contributed by atoms with Crippen molar-refractivity contribution >= 4 is 5.91 Å². The molecule has 138 valence electrons. The van der Waals surface area contributed by atoms with Crippen molar-refractivity contribution in [2.75, 3.05) is 33.4 Å². The Balaban J connectivity index is 1.39. The Labute approximate surface area is 154 Å². The Kier molecular flexibility index (Phi) is 6.50. The van der Waals surface area contributed by atoms with Gasteiger partial charge in [0.2, 0.25) is 0 Å². The standard InChI is InChI=1S/C21H25NO4/c1-24-20-9-5-6-17(16-20)21(23)22-12-10-19(11-13-22)26-15-14-25-18-7-3-2-4-8-18/h2-9,16,19H,10-15H2,1H3. The van der Waals surface area contributed by atoms with Crippen molar-refractivity contribution in [3.05, 3.63) is 60.2 Å². The number of rotatable bonds is 7. The minimum atomic E-state index is 0.0507. The largest absolute Gasteiger partial charge is 0.497 e. The van der Waals surface area contributed by atoms with Gasteiger partial charge in [-0.25, -0.2) is 0 Å². The Bertz CT molecular complexity index is 696. The van der Waals surface area contributed by atoms with Gasteiger partial charge in [-0.15, -0.1) is 0 Å². The molecule has 26 heavy (non-hydrogen) atoms. The second-order valence-corrected chi connectivity index (χ2v) is 6.26. The molecular weight excluding hydrogens is 330 g/mol. The molecule has 1 amide bonds. The van der Waals surface area contributed by atoms with Crippen LogP contribution >= 0.6 is 0 Å². The fourth-order valence-corrected chi connectivity index (χ4v) is 3.06. The number of carbonyl (C=O) groups is 1. The normalized spacial score (nSPS) is 14.9. The van der Waals surface area contributed by atoms with E-state index in [4.69, 9.17) is 14.2 Å². The lowest BCUT2D eigenvalue weighted by molar-refractivity contribution is -0.00238. The number of amides is 1. The summed E-state index contributed by atoms with van der Waals surface area (Å²) >= 11 is 0. The molecule has 5 heteroatoms. The summed E-state index contributed by atoms with van der Waals surface area (Å²) in [7, 11) is 1.61. The van der Waals surface area contributed by atoms with Gasteiger partial charge in [0.15, 0.2) is 0 Å². The third kappa shape index (κ3) is 4.99. The smallest absolute Gasteiger partial charge is 0.253 e. The summed E-state index contributed by atoms with van der Waals surface area (Å²) in [5, 5.41) is 0. The van der Waals surface area contributed by atoms with Crippen molar-refractivity contribution in [3.8, 4) is 11.5 Å². The summed E-state index contributed by atoms with van der Waals surface area (Å²) in [6, 6.07) is 17.0. The maximum Gasteiger partial charge on any atom is 0.253 e. The highest BCUT2D eigenvalue weighted by atomic mass is 16.5. The molecule has 1 aliphatic rings. The van der Waals surface area contributed by atoms with Crippen LogP contribution in [0, 0.1) is 0 Å². The lowest BCUT2D eigenvalue weighted by Gasteiger charge is -2.32. The van der Waals surface area contributed by atoms with E-state index >= 15 is 0 Å². The molecular formula is C21H25NO4. The van der Waals surface area contributed by atoms with E-state index in [0.29, 0.717) is 37.6 Å². The summed E-state index contributed by atoms with van der Waals surface area (Å²) < 4.78 is 16.7. The van der Waals surface area contributed by atoms with Gasteiger partial charge in [-0.2, -0.15) is 0 Å². The summed E-state index contributed by atoms with van der Waals surface area (Å²) in [4.78, 5) is 14.5. The van der Waals surface area contributed by atoms with E-state index in [1.54, 1.807) is 13.2 Å². The van der Waals surface area contributed by atoms with Gasteiger partial charge in [0, 0.05) is 18.7 Å². The Morgan fingerprint density at radius 3 is 2.46 bits per heavy atom. The molecule has 0 N–H and O–H groups in total. The molecule has 1 aliphatic heterocycles. The van der Waals surface area contributed by atoms with Crippen molar-refractivity contribution in [3.63, 3.8) is 0 Å². The van der Waals surface area contributed by atoms with E-state index in [1.807, 2.05) is 53.4 Å². The van der Waals surface area contributed by atoms with Crippen molar-refractivity contribution in [1.29, 1.82) is 0 Å². The molecule has 0 spiro atoms. The number of nitrogens with zero attached hydrogens (tertiary/aromatic N) is 1. The number of likely N-dealkylation sites (tertiary alicyclic amines) is 1. The maximum absolute atomic E-state index is 12.6. The average molecular weight is 355 g/mol. The van der Waals surface area contributed by atoms with Crippen molar-refractivity contribution in [1.82, 2.24) is 4.90 Å². The fraction of sp³-hybridized carbons (Fsp3) is 0.381. The third-order valence-electron chi connectivity index (χ3n) is 4.49. The summed E-state index contributed by atoms with van der Waals surface area (Å²) in [5.74, 6) is 1.61. The zero-order valence-electron chi connectivity index (χ0n) is 15.1. The van der Waals surface area contributed by atoms with Crippen LogP contribution in [-0.4, -0.2) is 50.3 Å². The quantitative estimate of drug-likeness (QED) is 0.714. The van der Waals surface area contributed by atoms with Crippen molar-refractivity contribution in [2.24, 2.45) is 0 Å². The van der Waals surface area contributed by atoms with Crippen LogP contribution in [0.3, 0.4) is 0 Å². The van der Waals surface area contributed by atoms with Gasteiger partial charge in [0.1, 0.15) is 18.1 Å². The maximum atomic E-state index is 12.6. The topological polar surface area (TPSA) is 48.0 Å². The number of piperidine rings is 1. The minimum absolute atomic E-state index is 0.0507. The first-order chi connectivity index (χ1) is 12.8. The first kappa shape index (κ1) is 18.3. The van der Waals surface area contributed by atoms with Gasteiger partial charge in [-0.1, -0.05) is 24.3 Å². The van der Waals surface area contributed by atoms with Crippen LogP contribution in [0.25, 0.3) is 0 Å². The molecule has 3 rings (SSSR count). The fourth-order valence-electron chi connectivity index (χ4n) is 3.06. The first-order valence-electron chi connectivity index (χ1n) is 8.99. The molecule has 0 bridgehead atoms. The number of hydrogen-bond acceptors (Lipinski definition) is 4. The highest BCUT2D eigenvalue weighted by Gasteiger charge is 2.24. The van der Waals surface area contributed by atoms with Gasteiger partial charge in [-0.05, 0) is 43.2 Å². The molecule has 0 aromatic heterocycles. The number of methoxy groups -OCH3 is 1. The highest BCUT2D eigenvalue weighted by Crippen LogP contribution is 2.19. The molecule has 0 unspecified atom stereocenters. The van der Waals surface area contributed by atoms with Gasteiger partial charge in [0.25, 0.3) is 5.91 Å². The summed E-state index contributed by atoms with van der Waals surface area (Å²) in [6.07, 6.45) is 1.88. The van der Waals surface area contributed by atoms with E-state index in [0.717, 1.165) is 18.6 Å². The molecule has 1 fully saturated rings. The van der Waals surface area contributed by atoms with Crippen LogP contribution in [0.1, 0.15) is 23.2 Å². The predicted octanol–water partition coefficient (Wildman–Crippen LogP) is 3.40. The molecule has 0 radical (unpaired) electrons. The van der Waals surface area contributed by atoms with E-state index in [9.17, 15) is 4.79 Å². The minimum Gasteiger partial charge on any atom is -0.497 e. The number of benzene rings is 2. The van der Waals surface area contributed by atoms with E-state index in [-0.39, 0.29) is 12.0 Å². The first-order valence-corrected chi connectivity index (χ1v) is 8.99. The average Bonchev–Trinajstić information content (AvgIpc) is 2.72. The van der Waals surface area contributed by atoms with Gasteiger partial charge in [0.05, 0.1) is 19.8 Å². The number of hydrogen-bond donors (Lipinski definition) is 0. The predicted molar refractivity (Wildman–Crippen MR) is 99.8 cm³/mol. The summed E-state index contributed by atoms with van der Waals surface area (Å²) in [5.41, 5.74) is 0.667. The lowest BCUT2D eigenvalue weighted by atomic mass is 10.1. The van der Waals surface area contributed by atoms with Crippen LogP contribution in [0.4, 0.5) is 0 Å². The van der Waals surface area contributed by atoms with E-state index < -0.39 is 0 Å². The molecule has 2 aromatic rings. The number of para-hydroxylation sites is 1. The molecule has 1 saturated heterocycles. The Morgan fingerprint density at radius 1 is 1.00 bits per heavy atom. The van der Waals surface area contributed by atoms with Crippen LogP contribution in [0.5, 0.6) is 11.5 Å². The Hall–Kier alpha value is -2.53. The summed E-state index contributed by atoms with van der Waals surface area (Å²) in [6.45, 7) is 2.51. The van der Waals surface area contributed by atoms with Crippen LogP contribution in [0.15, 0.2) is 54.6 Å². The van der Waals surface area contributed by atoms with Crippen LogP contribution in [-0.2, 0) is 4.74 Å². The highest BCUT2D eigenvalue weighted by molar-refractivity contribution is 5.94. The zero-order valence-corrected chi connectivity index (χ0v) is 15.1. The van der Waals surface area contributed by atoms with Gasteiger partial charge < -0.3 is 19.1 Å². The van der Waals surface area contributed by atoms with Crippen LogP contribution < -0.4 is 9.47 Å². The Morgan fingerprint density at radius 2 is 1.73 bits per heavy atom. The third-order valence-corrected chi connectivity index (χ3v) is 4.49. The molecule has 0 saturated carbocycles. The number of carbonyl (C=O) groups excluding carboxylic acids is 1. The van der Waals surface area contributed by atoms with Crippen molar-refractivity contribution < 1.29 is 19.0 Å². The van der Waals surface area contributed by atoms with Crippen LogP contribution in [0.2, 0.25) is 0 Å².